The number of ketones is 1. The maximum absolute atomic E-state index is 12.5. The first kappa shape index (κ1) is 17.5. The molecule has 2 heterocycles. The molecule has 1 atom stereocenters. The van der Waals surface area contributed by atoms with Crippen molar-refractivity contribution in [1.82, 2.24) is 9.88 Å². The molecule has 1 fully saturated rings. The summed E-state index contributed by atoms with van der Waals surface area (Å²) in [5.41, 5.74) is 0.997. The smallest absolute Gasteiger partial charge is 0.295 e. The van der Waals surface area contributed by atoms with E-state index < -0.39 is 17.7 Å². The lowest BCUT2D eigenvalue weighted by molar-refractivity contribution is -0.139. The molecule has 7 heteroatoms. The van der Waals surface area contributed by atoms with Crippen LogP contribution in [0.25, 0.3) is 5.76 Å². The first-order valence-corrected chi connectivity index (χ1v) is 7.86. The SMILES string of the molecule is COc1ccc(C(O)=C2C(=O)C(=O)N(C)[C@H]2c2cccnc2)cc1OC. The molecule has 0 aliphatic carbocycles. The molecule has 3 rings (SSSR count). The molecule has 1 saturated heterocycles. The molecule has 0 bridgehead atoms. The number of likely N-dealkylation sites (tertiary alicyclic amines) is 1. The summed E-state index contributed by atoms with van der Waals surface area (Å²) in [7, 11) is 4.50. The van der Waals surface area contributed by atoms with Gasteiger partial charge in [-0.3, -0.25) is 14.6 Å². The second-order valence-electron chi connectivity index (χ2n) is 5.77. The van der Waals surface area contributed by atoms with Gasteiger partial charge in [-0.2, -0.15) is 0 Å². The number of likely N-dealkylation sites (N-methyl/N-ethyl adjacent to an activating group) is 1. The highest BCUT2D eigenvalue weighted by Crippen LogP contribution is 2.39. The van der Waals surface area contributed by atoms with Gasteiger partial charge in [-0.1, -0.05) is 6.07 Å². The van der Waals surface area contributed by atoms with Crippen LogP contribution in [0.5, 0.6) is 11.5 Å². The Morgan fingerprint density at radius 3 is 2.50 bits per heavy atom. The minimum Gasteiger partial charge on any atom is -0.507 e. The summed E-state index contributed by atoms with van der Waals surface area (Å²) >= 11 is 0. The molecular formula is C19H18N2O5. The Kier molecular flexibility index (Phi) is 4.62. The van der Waals surface area contributed by atoms with E-state index in [1.165, 1.54) is 26.2 Å². The predicted molar refractivity (Wildman–Crippen MR) is 93.8 cm³/mol. The van der Waals surface area contributed by atoms with Crippen molar-refractivity contribution in [3.63, 3.8) is 0 Å². The Hall–Kier alpha value is -3.35. The average molecular weight is 354 g/mol. The molecule has 0 spiro atoms. The van der Waals surface area contributed by atoms with Crippen molar-refractivity contribution in [2.75, 3.05) is 21.3 Å². The van der Waals surface area contributed by atoms with Crippen LogP contribution in [0.3, 0.4) is 0 Å². The number of amides is 1. The molecular weight excluding hydrogens is 336 g/mol. The number of aliphatic hydroxyl groups is 1. The Morgan fingerprint density at radius 1 is 1.15 bits per heavy atom. The van der Waals surface area contributed by atoms with Crippen molar-refractivity contribution < 1.29 is 24.2 Å². The Morgan fingerprint density at radius 2 is 1.88 bits per heavy atom. The van der Waals surface area contributed by atoms with E-state index in [4.69, 9.17) is 9.47 Å². The zero-order valence-corrected chi connectivity index (χ0v) is 14.6. The lowest BCUT2D eigenvalue weighted by atomic mass is 9.96. The van der Waals surface area contributed by atoms with E-state index in [2.05, 4.69) is 4.98 Å². The van der Waals surface area contributed by atoms with E-state index in [0.29, 0.717) is 22.6 Å². The largest absolute Gasteiger partial charge is 0.507 e. The summed E-state index contributed by atoms with van der Waals surface area (Å²) in [5, 5.41) is 10.8. The van der Waals surface area contributed by atoms with Crippen LogP contribution in [0.2, 0.25) is 0 Å². The molecule has 1 N–H and O–H groups in total. The van der Waals surface area contributed by atoms with E-state index in [1.54, 1.807) is 42.7 Å². The number of Topliss-reactive ketones (excluding diaryl/α,β-unsaturated/α-hetero) is 1. The van der Waals surface area contributed by atoms with Crippen molar-refractivity contribution >= 4 is 17.4 Å². The number of carbonyl (C=O) groups is 2. The number of rotatable bonds is 4. The van der Waals surface area contributed by atoms with E-state index in [1.807, 2.05) is 0 Å². The minimum atomic E-state index is -0.742. The monoisotopic (exact) mass is 354 g/mol. The highest BCUT2D eigenvalue weighted by Gasteiger charge is 2.44. The number of aromatic nitrogens is 1. The Balaban J connectivity index is 2.17. The highest BCUT2D eigenvalue weighted by atomic mass is 16.5. The summed E-state index contributed by atoms with van der Waals surface area (Å²) in [5.74, 6) is -0.805. The maximum Gasteiger partial charge on any atom is 0.295 e. The van der Waals surface area contributed by atoms with Crippen LogP contribution < -0.4 is 9.47 Å². The highest BCUT2D eigenvalue weighted by molar-refractivity contribution is 6.46. The van der Waals surface area contributed by atoms with Crippen molar-refractivity contribution in [1.29, 1.82) is 0 Å². The molecule has 2 aromatic rings. The quantitative estimate of drug-likeness (QED) is 0.514. The molecule has 7 nitrogen and oxygen atoms in total. The van der Waals surface area contributed by atoms with Crippen LogP contribution in [-0.2, 0) is 9.59 Å². The number of hydrogen-bond acceptors (Lipinski definition) is 6. The number of carbonyl (C=O) groups excluding carboxylic acids is 2. The Labute approximate surface area is 150 Å². The molecule has 1 aromatic carbocycles. The standard InChI is InChI=1S/C19H18N2O5/c1-21-16(12-5-4-8-20-10-12)15(18(23)19(21)24)17(22)11-6-7-13(25-2)14(9-11)26-3/h4-10,16,22H,1-3H3/t16-/m0/s1. The molecule has 1 aliphatic heterocycles. The molecule has 134 valence electrons. The van der Waals surface area contributed by atoms with Gasteiger partial charge in [-0.05, 0) is 29.8 Å². The van der Waals surface area contributed by atoms with Gasteiger partial charge in [0.1, 0.15) is 5.76 Å². The fraction of sp³-hybridized carbons (Fsp3) is 0.211. The first-order valence-electron chi connectivity index (χ1n) is 7.86. The summed E-state index contributed by atoms with van der Waals surface area (Å²) < 4.78 is 10.4. The second-order valence-corrected chi connectivity index (χ2v) is 5.77. The third-order valence-corrected chi connectivity index (χ3v) is 4.33. The van der Waals surface area contributed by atoms with Crippen LogP contribution >= 0.6 is 0 Å². The zero-order valence-electron chi connectivity index (χ0n) is 14.6. The van der Waals surface area contributed by atoms with Crippen molar-refractivity contribution in [2.45, 2.75) is 6.04 Å². The van der Waals surface area contributed by atoms with Crippen molar-refractivity contribution in [3.05, 3.63) is 59.4 Å². The van der Waals surface area contributed by atoms with Gasteiger partial charge >= 0.3 is 0 Å². The van der Waals surface area contributed by atoms with Crippen LogP contribution in [0.4, 0.5) is 0 Å². The van der Waals surface area contributed by atoms with Gasteiger partial charge in [-0.15, -0.1) is 0 Å². The van der Waals surface area contributed by atoms with Crippen LogP contribution in [0, 0.1) is 0 Å². The van der Waals surface area contributed by atoms with Gasteiger partial charge in [0.2, 0.25) is 0 Å². The number of methoxy groups -OCH3 is 2. The third kappa shape index (κ3) is 2.77. The molecule has 0 unspecified atom stereocenters. The normalized spacial score (nSPS) is 18.9. The van der Waals surface area contributed by atoms with Crippen molar-refractivity contribution in [3.8, 4) is 11.5 Å². The number of benzene rings is 1. The predicted octanol–water partition coefficient (Wildman–Crippen LogP) is 2.15. The van der Waals surface area contributed by atoms with Gasteiger partial charge in [0.05, 0.1) is 25.8 Å². The van der Waals surface area contributed by atoms with E-state index in [9.17, 15) is 14.7 Å². The van der Waals surface area contributed by atoms with Gasteiger partial charge in [0, 0.05) is 25.0 Å². The molecule has 1 amide bonds. The number of pyridine rings is 1. The topological polar surface area (TPSA) is 89.0 Å². The summed E-state index contributed by atoms with van der Waals surface area (Å²) in [6.07, 6.45) is 3.16. The molecule has 0 saturated carbocycles. The molecule has 1 aromatic heterocycles. The lowest BCUT2D eigenvalue weighted by Crippen LogP contribution is -2.24. The lowest BCUT2D eigenvalue weighted by Gasteiger charge is -2.20. The van der Waals surface area contributed by atoms with E-state index in [0.717, 1.165) is 0 Å². The van der Waals surface area contributed by atoms with Gasteiger partial charge in [0.25, 0.3) is 11.7 Å². The average Bonchev–Trinajstić information content (AvgIpc) is 2.91. The molecule has 0 radical (unpaired) electrons. The van der Waals surface area contributed by atoms with Crippen LogP contribution in [0.15, 0.2) is 48.3 Å². The van der Waals surface area contributed by atoms with Gasteiger partial charge < -0.3 is 19.5 Å². The van der Waals surface area contributed by atoms with Crippen LogP contribution in [0.1, 0.15) is 17.2 Å². The number of nitrogens with zero attached hydrogens (tertiary/aromatic N) is 2. The fourth-order valence-corrected chi connectivity index (χ4v) is 3.01. The minimum absolute atomic E-state index is 0.0118. The Bertz CT molecular complexity index is 892. The summed E-state index contributed by atoms with van der Waals surface area (Å²) in [6.45, 7) is 0. The second kappa shape index (κ2) is 6.87. The number of aliphatic hydroxyl groups excluding tert-OH is 1. The summed E-state index contributed by atoms with van der Waals surface area (Å²) in [6, 6.07) is 7.52. The van der Waals surface area contributed by atoms with Gasteiger partial charge in [0.15, 0.2) is 11.5 Å². The van der Waals surface area contributed by atoms with E-state index >= 15 is 0 Å². The number of ether oxygens (including phenoxy) is 2. The first-order chi connectivity index (χ1) is 12.5. The number of hydrogen-bond donors (Lipinski definition) is 1. The van der Waals surface area contributed by atoms with E-state index in [-0.39, 0.29) is 11.3 Å². The van der Waals surface area contributed by atoms with Crippen molar-refractivity contribution in [2.24, 2.45) is 0 Å². The third-order valence-electron chi connectivity index (χ3n) is 4.33. The summed E-state index contributed by atoms with van der Waals surface area (Å²) in [4.78, 5) is 30.1. The maximum atomic E-state index is 12.5. The zero-order chi connectivity index (χ0) is 18.8. The van der Waals surface area contributed by atoms with Gasteiger partial charge in [-0.25, -0.2) is 0 Å². The molecule has 26 heavy (non-hydrogen) atoms. The fourth-order valence-electron chi connectivity index (χ4n) is 3.01. The molecule has 1 aliphatic rings. The van der Waals surface area contributed by atoms with Crippen LogP contribution in [-0.4, -0.2) is 47.9 Å².